The van der Waals surface area contributed by atoms with Gasteiger partial charge in [-0.3, -0.25) is 29.1 Å². The van der Waals surface area contributed by atoms with Gasteiger partial charge in [0.05, 0.1) is 4.92 Å². The lowest BCUT2D eigenvalue weighted by Gasteiger charge is -2.23. The summed E-state index contributed by atoms with van der Waals surface area (Å²) in [7, 11) is 0. The second-order valence-electron chi connectivity index (χ2n) is 5.21. The smallest absolute Gasteiger partial charge is 0.325 e. The Hall–Kier alpha value is -3.24. The number of nitrogens with one attached hydrogen (secondary N) is 1. The molecule has 11 heteroatoms. The normalized spacial score (nSPS) is 11.2. The fourth-order valence-corrected chi connectivity index (χ4v) is 1.74. The summed E-state index contributed by atoms with van der Waals surface area (Å²) in [6.07, 6.45) is 3.62. The van der Waals surface area contributed by atoms with Gasteiger partial charge in [0.2, 0.25) is 0 Å². The van der Waals surface area contributed by atoms with Crippen LogP contribution < -0.4 is 5.32 Å². The molecule has 0 aliphatic carbocycles. The first kappa shape index (κ1) is 16.1. The number of rotatable bonds is 6. The molecule has 0 saturated heterocycles. The predicted molar refractivity (Wildman–Crippen MR) is 76.7 cm³/mol. The molecule has 1 amide bonds. The minimum atomic E-state index is -1.20. The molecule has 0 aromatic carbocycles. The van der Waals surface area contributed by atoms with Crippen LogP contribution in [0.2, 0.25) is 0 Å². The first-order valence-electron chi connectivity index (χ1n) is 6.46. The number of aliphatic carboxylic acids is 1. The Kier molecular flexibility index (Phi) is 4.12. The van der Waals surface area contributed by atoms with Crippen LogP contribution in [-0.4, -0.2) is 41.5 Å². The van der Waals surface area contributed by atoms with E-state index in [-0.39, 0.29) is 18.1 Å². The van der Waals surface area contributed by atoms with Crippen LogP contribution in [0.3, 0.4) is 0 Å². The maximum absolute atomic E-state index is 12.3. The van der Waals surface area contributed by atoms with Crippen molar-refractivity contribution in [1.29, 1.82) is 0 Å². The molecule has 0 fully saturated rings. The van der Waals surface area contributed by atoms with Crippen molar-refractivity contribution in [1.82, 2.24) is 19.6 Å². The van der Waals surface area contributed by atoms with Crippen molar-refractivity contribution in [2.24, 2.45) is 0 Å². The van der Waals surface area contributed by atoms with E-state index in [2.05, 4.69) is 15.5 Å². The third-order valence-corrected chi connectivity index (χ3v) is 3.09. The first-order chi connectivity index (χ1) is 10.7. The lowest BCUT2D eigenvalue weighted by atomic mass is 10.1. The highest BCUT2D eigenvalue weighted by atomic mass is 16.6. The molecular formula is C12H14N6O5. The zero-order valence-corrected chi connectivity index (χ0v) is 12.3. The number of carboxylic acids is 1. The molecule has 11 nitrogen and oxygen atoms in total. The summed E-state index contributed by atoms with van der Waals surface area (Å²) in [5, 5.41) is 29.6. The van der Waals surface area contributed by atoms with Gasteiger partial charge in [0, 0.05) is 12.3 Å². The number of carbonyl (C=O) groups excluding carboxylic acids is 1. The van der Waals surface area contributed by atoms with Crippen molar-refractivity contribution in [2.45, 2.75) is 25.9 Å². The van der Waals surface area contributed by atoms with Gasteiger partial charge >= 0.3 is 11.7 Å². The lowest BCUT2D eigenvalue weighted by Crippen LogP contribution is -2.40. The van der Waals surface area contributed by atoms with Gasteiger partial charge in [-0.15, -0.1) is 0 Å². The van der Waals surface area contributed by atoms with Gasteiger partial charge in [0.25, 0.3) is 5.91 Å². The molecule has 2 heterocycles. The average Bonchev–Trinajstić information content (AvgIpc) is 3.07. The van der Waals surface area contributed by atoms with E-state index in [1.165, 1.54) is 30.8 Å². The van der Waals surface area contributed by atoms with E-state index < -0.39 is 22.3 Å². The number of aromatic nitrogens is 4. The molecular weight excluding hydrogens is 308 g/mol. The molecule has 23 heavy (non-hydrogen) atoms. The van der Waals surface area contributed by atoms with Crippen molar-refractivity contribution in [2.75, 3.05) is 5.32 Å². The molecule has 2 N–H and O–H groups in total. The van der Waals surface area contributed by atoms with E-state index >= 15 is 0 Å². The molecule has 122 valence electrons. The number of hydrogen-bond acceptors (Lipinski definition) is 6. The summed E-state index contributed by atoms with van der Waals surface area (Å²) < 4.78 is 2.33. The summed E-state index contributed by atoms with van der Waals surface area (Å²) in [5.41, 5.74) is -1.43. The van der Waals surface area contributed by atoms with Crippen LogP contribution in [0.1, 0.15) is 13.8 Å². The van der Waals surface area contributed by atoms with E-state index in [0.717, 1.165) is 17.1 Å². The maximum atomic E-state index is 12.3. The van der Waals surface area contributed by atoms with Crippen LogP contribution in [0.4, 0.5) is 11.5 Å². The zero-order valence-electron chi connectivity index (χ0n) is 12.3. The van der Waals surface area contributed by atoms with Crippen LogP contribution in [-0.2, 0) is 21.7 Å². The minimum Gasteiger partial charge on any atom is -0.480 e. The number of hydrogen-bond donors (Lipinski definition) is 2. The predicted octanol–water partition coefficient (Wildman–Crippen LogP) is 0.446. The van der Waals surface area contributed by atoms with E-state index in [9.17, 15) is 19.7 Å². The Morgan fingerprint density at radius 1 is 1.48 bits per heavy atom. The van der Waals surface area contributed by atoms with Crippen LogP contribution >= 0.6 is 0 Å². The van der Waals surface area contributed by atoms with Crippen molar-refractivity contribution in [3.8, 4) is 0 Å². The van der Waals surface area contributed by atoms with Gasteiger partial charge < -0.3 is 10.4 Å². The standard InChI is InChI=1S/C12H14N6O5/c1-12(2,17-6-8(5-13-17)18(22)23)11(21)14-9-3-4-16(15-9)7-10(19)20/h3-6H,7H2,1-2H3,(H,19,20)(H,14,15,21). The third-order valence-electron chi connectivity index (χ3n) is 3.09. The molecule has 2 rings (SSSR count). The number of anilines is 1. The summed E-state index contributed by atoms with van der Waals surface area (Å²) in [4.78, 5) is 33.0. The largest absolute Gasteiger partial charge is 0.480 e. The van der Waals surface area contributed by atoms with Gasteiger partial charge in [-0.05, 0) is 13.8 Å². The monoisotopic (exact) mass is 322 g/mol. The highest BCUT2D eigenvalue weighted by Crippen LogP contribution is 2.20. The van der Waals surface area contributed by atoms with Crippen molar-refractivity contribution in [3.63, 3.8) is 0 Å². The fourth-order valence-electron chi connectivity index (χ4n) is 1.74. The van der Waals surface area contributed by atoms with Crippen molar-refractivity contribution < 1.29 is 19.6 Å². The third kappa shape index (κ3) is 3.51. The first-order valence-corrected chi connectivity index (χ1v) is 6.46. The molecule has 2 aromatic rings. The molecule has 0 bridgehead atoms. The highest BCUT2D eigenvalue weighted by molar-refractivity contribution is 5.95. The maximum Gasteiger partial charge on any atom is 0.325 e. The van der Waals surface area contributed by atoms with E-state index in [1.54, 1.807) is 0 Å². The zero-order chi connectivity index (χ0) is 17.2. The second-order valence-corrected chi connectivity index (χ2v) is 5.21. The summed E-state index contributed by atoms with van der Waals surface area (Å²) in [5.74, 6) is -1.39. The Bertz CT molecular complexity index is 762. The number of nitro groups is 1. The van der Waals surface area contributed by atoms with E-state index in [0.29, 0.717) is 0 Å². The Labute approximate surface area is 129 Å². The number of carboxylic acid groups (broad SMARTS) is 1. The van der Waals surface area contributed by atoms with Crippen LogP contribution in [0.5, 0.6) is 0 Å². The molecule has 2 aromatic heterocycles. The van der Waals surface area contributed by atoms with Gasteiger partial charge in [-0.2, -0.15) is 10.2 Å². The van der Waals surface area contributed by atoms with E-state index in [1.807, 2.05) is 0 Å². The molecule has 0 aliphatic rings. The number of nitrogens with zero attached hydrogens (tertiary/aromatic N) is 5. The number of amides is 1. The fraction of sp³-hybridized carbons (Fsp3) is 0.333. The van der Waals surface area contributed by atoms with Crippen LogP contribution in [0, 0.1) is 10.1 Å². The quantitative estimate of drug-likeness (QED) is 0.579. The molecule has 0 spiro atoms. The van der Waals surface area contributed by atoms with Crippen molar-refractivity contribution >= 4 is 23.4 Å². The minimum absolute atomic E-state index is 0.172. The molecule has 0 saturated carbocycles. The average molecular weight is 322 g/mol. The highest BCUT2D eigenvalue weighted by Gasteiger charge is 2.32. The molecule has 0 atom stereocenters. The van der Waals surface area contributed by atoms with Gasteiger partial charge in [0.1, 0.15) is 24.5 Å². The van der Waals surface area contributed by atoms with Crippen LogP contribution in [0.25, 0.3) is 0 Å². The lowest BCUT2D eigenvalue weighted by molar-refractivity contribution is -0.385. The summed E-state index contributed by atoms with van der Waals surface area (Å²) >= 11 is 0. The Morgan fingerprint density at radius 3 is 2.74 bits per heavy atom. The van der Waals surface area contributed by atoms with E-state index in [4.69, 9.17) is 5.11 Å². The number of carbonyl (C=O) groups is 2. The van der Waals surface area contributed by atoms with Gasteiger partial charge in [-0.25, -0.2) is 0 Å². The summed E-state index contributed by atoms with van der Waals surface area (Å²) in [6.45, 7) is 2.74. The Balaban J connectivity index is 2.13. The van der Waals surface area contributed by atoms with Crippen molar-refractivity contribution in [3.05, 3.63) is 34.8 Å². The Morgan fingerprint density at radius 2 is 2.17 bits per heavy atom. The molecule has 0 aliphatic heterocycles. The van der Waals surface area contributed by atoms with Gasteiger partial charge in [-0.1, -0.05) is 0 Å². The SMILES string of the molecule is CC(C)(C(=O)Nc1ccn(CC(=O)O)n1)n1cc([N+](=O)[O-])cn1. The molecule has 0 radical (unpaired) electrons. The summed E-state index contributed by atoms with van der Waals surface area (Å²) in [6, 6.07) is 1.45. The second kappa shape index (κ2) is 5.87. The van der Waals surface area contributed by atoms with Gasteiger partial charge in [0.15, 0.2) is 5.82 Å². The molecule has 0 unspecified atom stereocenters. The topological polar surface area (TPSA) is 145 Å². The van der Waals surface area contributed by atoms with Crippen LogP contribution in [0.15, 0.2) is 24.7 Å².